The summed E-state index contributed by atoms with van der Waals surface area (Å²) >= 11 is 0.997. The lowest BCUT2D eigenvalue weighted by atomic mass is 10.0. The molecule has 0 bridgehead atoms. The van der Waals surface area contributed by atoms with E-state index in [0.717, 1.165) is 43.1 Å². The van der Waals surface area contributed by atoms with Crippen LogP contribution in [-0.4, -0.2) is 35.8 Å². The highest BCUT2D eigenvalue weighted by Crippen LogP contribution is 2.27. The van der Waals surface area contributed by atoms with Gasteiger partial charge in [0.25, 0.3) is 5.91 Å². The number of benzene rings is 2. The molecule has 1 amide bonds. The fourth-order valence-electron chi connectivity index (χ4n) is 4.06. The predicted octanol–water partition coefficient (Wildman–Crippen LogP) is 4.21. The third-order valence-corrected chi connectivity index (χ3v) is 8.81. The third kappa shape index (κ3) is 4.14. The van der Waals surface area contributed by atoms with Gasteiger partial charge in [0.05, 0.1) is 15.1 Å². The summed E-state index contributed by atoms with van der Waals surface area (Å²) in [5, 5.41) is 0. The van der Waals surface area contributed by atoms with Gasteiger partial charge in [-0.25, -0.2) is 17.2 Å². The predicted molar refractivity (Wildman–Crippen MR) is 119 cm³/mol. The first-order valence-corrected chi connectivity index (χ1v) is 12.6. The molecule has 4 rings (SSSR count). The van der Waals surface area contributed by atoms with Crippen molar-refractivity contribution in [3.8, 4) is 0 Å². The third-order valence-electron chi connectivity index (χ3n) is 5.77. The van der Waals surface area contributed by atoms with Crippen LogP contribution in [0, 0.1) is 11.6 Å². The number of nitrogens with zero attached hydrogens (tertiary/aromatic N) is 3. The Labute approximate surface area is 188 Å². The number of rotatable bonds is 4. The average molecular weight is 480 g/mol. The highest BCUT2D eigenvalue weighted by Gasteiger charge is 2.32. The van der Waals surface area contributed by atoms with Crippen LogP contribution in [0.3, 0.4) is 0 Å². The molecule has 0 spiro atoms. The molecular formula is C22H23F2N3O3S2. The van der Waals surface area contributed by atoms with Crippen molar-refractivity contribution in [3.63, 3.8) is 0 Å². The molecule has 1 aromatic heterocycles. The van der Waals surface area contributed by atoms with Gasteiger partial charge in [0.2, 0.25) is 10.0 Å². The number of amides is 1. The van der Waals surface area contributed by atoms with Gasteiger partial charge in [0.15, 0.2) is 10.6 Å². The molecule has 2 heterocycles. The molecule has 32 heavy (non-hydrogen) atoms. The van der Waals surface area contributed by atoms with Crippen LogP contribution in [-0.2, 0) is 17.1 Å². The Morgan fingerprint density at radius 1 is 1.19 bits per heavy atom. The highest BCUT2D eigenvalue weighted by atomic mass is 32.2. The molecule has 1 atom stereocenters. The van der Waals surface area contributed by atoms with Crippen molar-refractivity contribution in [3.05, 3.63) is 58.4 Å². The van der Waals surface area contributed by atoms with E-state index in [0.29, 0.717) is 11.2 Å². The molecule has 1 aliphatic heterocycles. The van der Waals surface area contributed by atoms with Crippen molar-refractivity contribution in [1.82, 2.24) is 8.87 Å². The minimum atomic E-state index is -3.65. The number of carbonyl (C=O) groups is 1. The van der Waals surface area contributed by atoms with Crippen LogP contribution in [0.25, 0.3) is 10.2 Å². The van der Waals surface area contributed by atoms with Crippen molar-refractivity contribution in [2.24, 2.45) is 12.0 Å². The Bertz CT molecular complexity index is 1350. The fraction of sp³-hybridized carbons (Fsp3) is 0.364. The molecule has 1 aliphatic rings. The van der Waals surface area contributed by atoms with Gasteiger partial charge in [-0.05, 0) is 49.6 Å². The van der Waals surface area contributed by atoms with E-state index in [1.807, 2.05) is 6.92 Å². The Morgan fingerprint density at radius 2 is 1.91 bits per heavy atom. The number of piperidine rings is 1. The monoisotopic (exact) mass is 479 g/mol. The molecule has 3 aromatic rings. The summed E-state index contributed by atoms with van der Waals surface area (Å²) in [5.41, 5.74) is 0.371. The molecule has 0 radical (unpaired) electrons. The zero-order valence-electron chi connectivity index (χ0n) is 17.7. The summed E-state index contributed by atoms with van der Waals surface area (Å²) in [7, 11) is -2.10. The first-order valence-electron chi connectivity index (χ1n) is 10.4. The zero-order chi connectivity index (χ0) is 23.0. The molecule has 0 aliphatic carbocycles. The molecule has 0 N–H and O–H groups in total. The lowest BCUT2D eigenvalue weighted by Gasteiger charge is -2.34. The van der Waals surface area contributed by atoms with Gasteiger partial charge in [0.1, 0.15) is 5.82 Å². The Morgan fingerprint density at radius 3 is 2.59 bits per heavy atom. The van der Waals surface area contributed by atoms with E-state index in [9.17, 15) is 22.0 Å². The van der Waals surface area contributed by atoms with Crippen LogP contribution in [0.4, 0.5) is 8.78 Å². The summed E-state index contributed by atoms with van der Waals surface area (Å²) in [6.07, 6.45) is 3.46. The van der Waals surface area contributed by atoms with Gasteiger partial charge >= 0.3 is 0 Å². The quantitative estimate of drug-likeness (QED) is 0.563. The molecular weight excluding hydrogens is 456 g/mol. The van der Waals surface area contributed by atoms with Gasteiger partial charge < -0.3 is 4.57 Å². The summed E-state index contributed by atoms with van der Waals surface area (Å²) in [6, 6.07) is 7.65. The van der Waals surface area contributed by atoms with Crippen molar-refractivity contribution in [1.29, 1.82) is 0 Å². The second-order valence-electron chi connectivity index (χ2n) is 7.79. The minimum absolute atomic E-state index is 0.0109. The molecule has 170 valence electrons. The zero-order valence-corrected chi connectivity index (χ0v) is 19.3. The van der Waals surface area contributed by atoms with Gasteiger partial charge in [-0.15, -0.1) is 0 Å². The molecule has 2 aromatic carbocycles. The van der Waals surface area contributed by atoms with Crippen molar-refractivity contribution >= 4 is 37.5 Å². The Hall–Kier alpha value is -2.43. The average Bonchev–Trinajstić information content (AvgIpc) is 3.08. The van der Waals surface area contributed by atoms with E-state index < -0.39 is 27.6 Å². The summed E-state index contributed by atoms with van der Waals surface area (Å²) in [5.74, 6) is -2.03. The van der Waals surface area contributed by atoms with Gasteiger partial charge in [-0.3, -0.25) is 4.79 Å². The molecule has 1 fully saturated rings. The normalized spacial score (nSPS) is 18.4. The van der Waals surface area contributed by atoms with Crippen LogP contribution < -0.4 is 4.80 Å². The van der Waals surface area contributed by atoms with Gasteiger partial charge in [-0.1, -0.05) is 24.7 Å². The molecule has 1 saturated heterocycles. The van der Waals surface area contributed by atoms with Crippen LogP contribution in [0.1, 0.15) is 43.0 Å². The van der Waals surface area contributed by atoms with E-state index >= 15 is 0 Å². The summed E-state index contributed by atoms with van der Waals surface area (Å²) in [6.45, 7) is 2.48. The molecule has 10 heteroatoms. The summed E-state index contributed by atoms with van der Waals surface area (Å²) < 4.78 is 57.0. The van der Waals surface area contributed by atoms with Crippen molar-refractivity contribution in [2.75, 3.05) is 6.54 Å². The van der Waals surface area contributed by atoms with Crippen LogP contribution in [0.2, 0.25) is 0 Å². The number of fused-ring (bicyclic) bond motifs is 1. The van der Waals surface area contributed by atoms with Gasteiger partial charge in [-0.2, -0.15) is 9.30 Å². The largest absolute Gasteiger partial charge is 0.317 e. The Kier molecular flexibility index (Phi) is 6.28. The van der Waals surface area contributed by atoms with Gasteiger partial charge in [0, 0.05) is 31.3 Å². The number of aryl methyl sites for hydroxylation is 1. The first-order chi connectivity index (χ1) is 15.2. The number of hydrogen-bond donors (Lipinski definition) is 0. The highest BCUT2D eigenvalue weighted by molar-refractivity contribution is 7.89. The maximum absolute atomic E-state index is 14.1. The maximum atomic E-state index is 14.1. The smallest absolute Gasteiger partial charge is 0.279 e. The number of hydrogen-bond acceptors (Lipinski definition) is 4. The van der Waals surface area contributed by atoms with E-state index in [4.69, 9.17) is 0 Å². The number of aromatic nitrogens is 1. The summed E-state index contributed by atoms with van der Waals surface area (Å²) in [4.78, 5) is 17.0. The topological polar surface area (TPSA) is 71.7 Å². The minimum Gasteiger partial charge on any atom is -0.317 e. The number of carbonyl (C=O) groups excluding carboxylic acids is 1. The second kappa shape index (κ2) is 8.84. The van der Waals surface area contributed by atoms with Crippen molar-refractivity contribution in [2.45, 2.75) is 43.5 Å². The number of sulfonamides is 1. The SMILES string of the molecule is CCC1CCCCN1S(=O)(=O)c1ccc(C(=O)N=c2sc3cc(F)cc(F)c3n2C)cc1. The molecule has 1 unspecified atom stereocenters. The first kappa shape index (κ1) is 22.8. The van der Waals surface area contributed by atoms with E-state index in [-0.39, 0.29) is 26.8 Å². The van der Waals surface area contributed by atoms with E-state index in [1.165, 1.54) is 34.9 Å². The number of thiazole rings is 1. The maximum Gasteiger partial charge on any atom is 0.279 e. The van der Waals surface area contributed by atoms with Crippen molar-refractivity contribution < 1.29 is 22.0 Å². The molecule has 6 nitrogen and oxygen atoms in total. The standard InChI is InChI=1S/C22H23F2N3O3S2/c1-3-16-6-4-5-11-27(16)32(29,30)17-9-7-14(8-10-17)21(28)25-22-26(2)20-18(24)12-15(23)13-19(20)31-22/h7-10,12-13,16H,3-6,11H2,1-2H3. The van der Waals surface area contributed by atoms with Crippen LogP contribution in [0.5, 0.6) is 0 Å². The molecule has 0 saturated carbocycles. The lowest BCUT2D eigenvalue weighted by Crippen LogP contribution is -2.43. The second-order valence-corrected chi connectivity index (χ2v) is 10.7. The van der Waals surface area contributed by atoms with Crippen LogP contribution >= 0.6 is 11.3 Å². The van der Waals surface area contributed by atoms with E-state index in [1.54, 1.807) is 11.4 Å². The number of halogens is 2. The lowest BCUT2D eigenvalue weighted by molar-refractivity contribution is 0.0998. The Balaban J connectivity index is 1.64. The van der Waals surface area contributed by atoms with Crippen LogP contribution in [0.15, 0.2) is 46.3 Å². The van der Waals surface area contributed by atoms with E-state index in [2.05, 4.69) is 4.99 Å². The fourth-order valence-corrected chi connectivity index (χ4v) is 6.88.